The zero-order valence-corrected chi connectivity index (χ0v) is 16.4. The zero-order valence-electron chi connectivity index (χ0n) is 16.4. The first-order chi connectivity index (χ1) is 14.5. The minimum atomic E-state index is -0.939. The van der Waals surface area contributed by atoms with Crippen LogP contribution in [0.4, 0.5) is 4.79 Å². The molecule has 3 aromatic carbocycles. The lowest BCUT2D eigenvalue weighted by Gasteiger charge is -2.27. The second kappa shape index (κ2) is 9.87. The van der Waals surface area contributed by atoms with Crippen LogP contribution in [-0.2, 0) is 9.47 Å². The molecular formula is C23H23NO6. The highest BCUT2D eigenvalue weighted by molar-refractivity contribution is 6.03. The maximum absolute atomic E-state index is 12.5. The van der Waals surface area contributed by atoms with Crippen molar-refractivity contribution >= 4 is 22.8 Å². The number of aromatic hydroxyl groups is 1. The first kappa shape index (κ1) is 21.3. The third-order valence-electron chi connectivity index (χ3n) is 4.78. The summed E-state index contributed by atoms with van der Waals surface area (Å²) < 4.78 is 11.1. The smallest absolute Gasteiger partial charge is 0.414 e. The number of hydrogen-bond donors (Lipinski definition) is 3. The fraction of sp³-hybridized carbons (Fsp3) is 0.217. The molecular weight excluding hydrogens is 386 g/mol. The van der Waals surface area contributed by atoms with Crippen molar-refractivity contribution in [1.29, 1.82) is 0 Å². The Morgan fingerprint density at radius 1 is 0.967 bits per heavy atom. The van der Waals surface area contributed by atoms with Gasteiger partial charge in [0.15, 0.2) is 6.10 Å². The van der Waals surface area contributed by atoms with Crippen molar-refractivity contribution in [3.63, 3.8) is 0 Å². The van der Waals surface area contributed by atoms with Crippen LogP contribution >= 0.6 is 0 Å². The molecule has 7 heteroatoms. The number of ether oxygens (including phenoxy) is 2. The summed E-state index contributed by atoms with van der Waals surface area (Å²) in [6.45, 7) is -0.182. The van der Waals surface area contributed by atoms with Gasteiger partial charge in [-0.3, -0.25) is 10.1 Å². The number of methoxy groups -OCH3 is 1. The first-order valence-electron chi connectivity index (χ1n) is 9.46. The number of carbonyl (C=O) groups excluding carboxylic acids is 2. The fourth-order valence-corrected chi connectivity index (χ4v) is 3.31. The lowest BCUT2D eigenvalue weighted by atomic mass is 9.95. The van der Waals surface area contributed by atoms with Gasteiger partial charge in [0, 0.05) is 36.7 Å². The zero-order chi connectivity index (χ0) is 21.5. The monoisotopic (exact) mass is 409 g/mol. The topological polar surface area (TPSA) is 105 Å². The average Bonchev–Trinajstić information content (AvgIpc) is 2.77. The van der Waals surface area contributed by atoms with Crippen LogP contribution in [0.1, 0.15) is 28.4 Å². The van der Waals surface area contributed by atoms with E-state index in [-0.39, 0.29) is 18.8 Å². The number of phenolic OH excluding ortho intramolecular Hbond substituents is 1. The minimum absolute atomic E-state index is 0.0907. The molecule has 3 N–H and O–H groups in total. The van der Waals surface area contributed by atoms with Crippen molar-refractivity contribution in [2.75, 3.05) is 13.7 Å². The largest absolute Gasteiger partial charge is 0.507 e. The maximum Gasteiger partial charge on any atom is 0.414 e. The van der Waals surface area contributed by atoms with Crippen molar-refractivity contribution in [3.05, 3.63) is 77.9 Å². The summed E-state index contributed by atoms with van der Waals surface area (Å²) in [6.07, 6.45) is -2.32. The Kier molecular flexibility index (Phi) is 7.00. The standard InChI is InChI=1S/C23H23NO6/c1-29-20(13-14-25)21(18-11-12-19(26)17-10-6-5-9-16(17)18)30-23(28)24-22(27)15-7-3-2-4-8-15/h2-12,20-21,25-26H,13-14H2,1H3,(H,24,27,28)/t20-,21-/m1/s1. The summed E-state index contributed by atoms with van der Waals surface area (Å²) in [7, 11) is 1.45. The first-order valence-corrected chi connectivity index (χ1v) is 9.46. The average molecular weight is 409 g/mol. The van der Waals surface area contributed by atoms with Crippen molar-refractivity contribution < 1.29 is 29.3 Å². The number of aliphatic hydroxyl groups is 1. The number of imide groups is 1. The third kappa shape index (κ3) is 4.76. The molecule has 3 aromatic rings. The van der Waals surface area contributed by atoms with E-state index < -0.39 is 24.2 Å². The van der Waals surface area contributed by atoms with E-state index in [1.807, 2.05) is 0 Å². The van der Waals surface area contributed by atoms with Gasteiger partial charge in [-0.05, 0) is 23.6 Å². The van der Waals surface area contributed by atoms with Gasteiger partial charge in [-0.2, -0.15) is 0 Å². The van der Waals surface area contributed by atoms with Gasteiger partial charge in [0.1, 0.15) is 11.9 Å². The third-order valence-corrected chi connectivity index (χ3v) is 4.78. The quantitative estimate of drug-likeness (QED) is 0.551. The lowest BCUT2D eigenvalue weighted by molar-refractivity contribution is -0.0331. The Labute approximate surface area is 173 Å². The van der Waals surface area contributed by atoms with Crippen LogP contribution in [0.15, 0.2) is 66.7 Å². The van der Waals surface area contributed by atoms with E-state index in [4.69, 9.17) is 9.47 Å². The number of aliphatic hydroxyl groups excluding tert-OH is 1. The van der Waals surface area contributed by atoms with E-state index in [1.54, 1.807) is 60.7 Å². The lowest BCUT2D eigenvalue weighted by Crippen LogP contribution is -2.35. The molecule has 0 aromatic heterocycles. The number of alkyl carbamates (subject to hydrolysis) is 1. The van der Waals surface area contributed by atoms with E-state index in [2.05, 4.69) is 5.32 Å². The van der Waals surface area contributed by atoms with Crippen LogP contribution in [0.2, 0.25) is 0 Å². The Hall–Kier alpha value is -3.42. The number of rotatable bonds is 7. The second-order valence-corrected chi connectivity index (χ2v) is 6.65. The molecule has 0 aliphatic rings. The highest BCUT2D eigenvalue weighted by Gasteiger charge is 2.29. The van der Waals surface area contributed by atoms with Gasteiger partial charge in [-0.15, -0.1) is 0 Å². The normalized spacial score (nSPS) is 12.9. The van der Waals surface area contributed by atoms with Crippen LogP contribution < -0.4 is 5.32 Å². The summed E-state index contributed by atoms with van der Waals surface area (Å²) in [5.74, 6) is -0.501. The Morgan fingerprint density at radius 3 is 2.30 bits per heavy atom. The Balaban J connectivity index is 1.91. The molecule has 0 aliphatic carbocycles. The van der Waals surface area contributed by atoms with Gasteiger partial charge in [0.05, 0.1) is 0 Å². The van der Waals surface area contributed by atoms with Crippen LogP contribution in [-0.4, -0.2) is 42.0 Å². The number of phenols is 1. The molecule has 0 unspecified atom stereocenters. The number of nitrogens with one attached hydrogen (secondary N) is 1. The van der Waals surface area contributed by atoms with Gasteiger partial charge < -0.3 is 19.7 Å². The molecule has 3 rings (SSSR count). The molecule has 0 spiro atoms. The maximum atomic E-state index is 12.5. The fourth-order valence-electron chi connectivity index (χ4n) is 3.31. The number of benzene rings is 3. The highest BCUT2D eigenvalue weighted by Crippen LogP contribution is 2.35. The predicted molar refractivity (Wildman–Crippen MR) is 111 cm³/mol. The summed E-state index contributed by atoms with van der Waals surface area (Å²) >= 11 is 0. The van der Waals surface area contributed by atoms with Crippen LogP contribution in [0.25, 0.3) is 10.8 Å². The van der Waals surface area contributed by atoms with E-state index in [9.17, 15) is 19.8 Å². The molecule has 0 radical (unpaired) electrons. The second-order valence-electron chi connectivity index (χ2n) is 6.65. The van der Waals surface area contributed by atoms with E-state index in [0.717, 1.165) is 0 Å². The number of fused-ring (bicyclic) bond motifs is 1. The molecule has 0 fully saturated rings. The molecule has 30 heavy (non-hydrogen) atoms. The summed E-state index contributed by atoms with van der Waals surface area (Å²) in [6, 6.07) is 18.6. The van der Waals surface area contributed by atoms with E-state index in [1.165, 1.54) is 13.2 Å². The van der Waals surface area contributed by atoms with Gasteiger partial charge in [0.25, 0.3) is 5.91 Å². The van der Waals surface area contributed by atoms with Crippen LogP contribution in [0.5, 0.6) is 5.75 Å². The summed E-state index contributed by atoms with van der Waals surface area (Å²) in [5, 5.41) is 23.1. The SMILES string of the molecule is CO[C@H](CCO)[C@H](OC(=O)NC(=O)c1ccccc1)c1ccc(O)c2ccccc12. The number of hydrogen-bond acceptors (Lipinski definition) is 6. The molecule has 7 nitrogen and oxygen atoms in total. The van der Waals surface area contributed by atoms with Gasteiger partial charge in [0.2, 0.25) is 0 Å². The molecule has 0 heterocycles. The van der Waals surface area contributed by atoms with Crippen molar-refractivity contribution in [3.8, 4) is 5.75 Å². The molecule has 2 atom stereocenters. The van der Waals surface area contributed by atoms with Crippen molar-refractivity contribution in [1.82, 2.24) is 5.32 Å². The van der Waals surface area contributed by atoms with E-state index >= 15 is 0 Å². The van der Waals surface area contributed by atoms with Crippen molar-refractivity contribution in [2.45, 2.75) is 18.6 Å². The van der Waals surface area contributed by atoms with Crippen molar-refractivity contribution in [2.24, 2.45) is 0 Å². The van der Waals surface area contributed by atoms with Crippen LogP contribution in [0.3, 0.4) is 0 Å². The van der Waals surface area contributed by atoms with Gasteiger partial charge >= 0.3 is 6.09 Å². The predicted octanol–water partition coefficient (Wildman–Crippen LogP) is 3.55. The Morgan fingerprint density at radius 2 is 1.63 bits per heavy atom. The molecule has 0 saturated carbocycles. The molecule has 0 saturated heterocycles. The molecule has 0 aliphatic heterocycles. The van der Waals surface area contributed by atoms with Crippen LogP contribution in [0, 0.1) is 0 Å². The number of carbonyl (C=O) groups is 2. The molecule has 0 bridgehead atoms. The highest BCUT2D eigenvalue weighted by atomic mass is 16.6. The molecule has 156 valence electrons. The minimum Gasteiger partial charge on any atom is -0.507 e. The number of amides is 2. The van der Waals surface area contributed by atoms with E-state index in [0.29, 0.717) is 21.9 Å². The van der Waals surface area contributed by atoms with Gasteiger partial charge in [-0.25, -0.2) is 4.79 Å². The summed E-state index contributed by atoms with van der Waals surface area (Å²) in [4.78, 5) is 24.8. The Bertz CT molecular complexity index is 1020. The summed E-state index contributed by atoms with van der Waals surface area (Å²) in [5.41, 5.74) is 0.908. The molecule has 2 amide bonds. The van der Waals surface area contributed by atoms with Gasteiger partial charge in [-0.1, -0.05) is 48.5 Å².